The van der Waals surface area contributed by atoms with Crippen molar-refractivity contribution >= 4 is 11.7 Å². The van der Waals surface area contributed by atoms with E-state index in [4.69, 9.17) is 4.74 Å². The Labute approximate surface area is 131 Å². The van der Waals surface area contributed by atoms with Crippen molar-refractivity contribution < 1.29 is 9.53 Å². The van der Waals surface area contributed by atoms with Crippen molar-refractivity contribution in [2.24, 2.45) is 0 Å². The maximum atomic E-state index is 12.1. The third-order valence-electron chi connectivity index (χ3n) is 3.28. The van der Waals surface area contributed by atoms with Crippen LogP contribution in [0.5, 0.6) is 0 Å². The number of benzene rings is 1. The van der Waals surface area contributed by atoms with Crippen LogP contribution in [0, 0.1) is 0 Å². The molecule has 0 aliphatic carbocycles. The molecule has 5 nitrogen and oxygen atoms in total. The number of amides is 1. The van der Waals surface area contributed by atoms with Gasteiger partial charge in [0.25, 0.3) is 0 Å². The highest BCUT2D eigenvalue weighted by molar-refractivity contribution is 5.94. The SMILES string of the molecule is COCCC(=O)Nc1c(-c2ccccc2)cnn1C(C)(C)C. The number of ether oxygens (including phenoxy) is 1. The molecule has 2 rings (SSSR count). The van der Waals surface area contributed by atoms with Crippen LogP contribution in [-0.2, 0) is 15.1 Å². The molecule has 0 saturated carbocycles. The van der Waals surface area contributed by atoms with Crippen LogP contribution < -0.4 is 5.32 Å². The van der Waals surface area contributed by atoms with Crippen molar-refractivity contribution in [1.82, 2.24) is 9.78 Å². The molecule has 0 aliphatic heterocycles. The fourth-order valence-corrected chi connectivity index (χ4v) is 2.20. The molecule has 1 N–H and O–H groups in total. The second-order valence-corrected chi connectivity index (χ2v) is 6.15. The van der Waals surface area contributed by atoms with E-state index < -0.39 is 0 Å². The zero-order valence-corrected chi connectivity index (χ0v) is 13.6. The average molecular weight is 301 g/mol. The van der Waals surface area contributed by atoms with Gasteiger partial charge in [-0.3, -0.25) is 4.79 Å². The Morgan fingerprint density at radius 1 is 1.27 bits per heavy atom. The molecule has 0 bridgehead atoms. The topological polar surface area (TPSA) is 56.1 Å². The molecule has 22 heavy (non-hydrogen) atoms. The molecule has 1 heterocycles. The smallest absolute Gasteiger partial charge is 0.227 e. The lowest BCUT2D eigenvalue weighted by Crippen LogP contribution is -2.27. The van der Waals surface area contributed by atoms with Crippen LogP contribution in [0.1, 0.15) is 27.2 Å². The van der Waals surface area contributed by atoms with E-state index in [0.29, 0.717) is 13.0 Å². The van der Waals surface area contributed by atoms with E-state index in [0.717, 1.165) is 16.9 Å². The minimum absolute atomic E-state index is 0.0787. The molecule has 0 spiro atoms. The molecule has 0 aliphatic rings. The van der Waals surface area contributed by atoms with Crippen LogP contribution in [0.2, 0.25) is 0 Å². The molecule has 1 aromatic heterocycles. The van der Waals surface area contributed by atoms with Crippen molar-refractivity contribution in [2.75, 3.05) is 19.0 Å². The first kappa shape index (κ1) is 16.2. The molecule has 0 unspecified atom stereocenters. The highest BCUT2D eigenvalue weighted by atomic mass is 16.5. The van der Waals surface area contributed by atoms with Crippen molar-refractivity contribution in [3.8, 4) is 11.1 Å². The number of rotatable bonds is 5. The van der Waals surface area contributed by atoms with E-state index in [9.17, 15) is 4.79 Å². The molecular weight excluding hydrogens is 278 g/mol. The van der Waals surface area contributed by atoms with Crippen molar-refractivity contribution in [3.05, 3.63) is 36.5 Å². The number of hydrogen-bond acceptors (Lipinski definition) is 3. The normalized spacial score (nSPS) is 11.5. The van der Waals surface area contributed by atoms with Gasteiger partial charge in [0.15, 0.2) is 0 Å². The predicted octanol–water partition coefficient (Wildman–Crippen LogP) is 3.28. The van der Waals surface area contributed by atoms with Gasteiger partial charge in [0.05, 0.1) is 24.8 Å². The molecule has 118 valence electrons. The first-order valence-corrected chi connectivity index (χ1v) is 7.36. The molecule has 0 fully saturated rings. The molecule has 0 saturated heterocycles. The minimum Gasteiger partial charge on any atom is -0.384 e. The van der Waals surface area contributed by atoms with Crippen molar-refractivity contribution in [2.45, 2.75) is 32.7 Å². The van der Waals surface area contributed by atoms with E-state index in [2.05, 4.69) is 31.2 Å². The number of carbonyl (C=O) groups is 1. The molecule has 1 aromatic carbocycles. The number of aromatic nitrogens is 2. The fourth-order valence-electron chi connectivity index (χ4n) is 2.20. The van der Waals surface area contributed by atoms with Crippen LogP contribution in [-0.4, -0.2) is 29.4 Å². The van der Waals surface area contributed by atoms with Crippen LogP contribution in [0.3, 0.4) is 0 Å². The summed E-state index contributed by atoms with van der Waals surface area (Å²) >= 11 is 0. The van der Waals surface area contributed by atoms with Crippen LogP contribution >= 0.6 is 0 Å². The van der Waals surface area contributed by atoms with Gasteiger partial charge in [-0.15, -0.1) is 0 Å². The van der Waals surface area contributed by atoms with Gasteiger partial charge in [0.2, 0.25) is 5.91 Å². The summed E-state index contributed by atoms with van der Waals surface area (Å²) in [7, 11) is 1.59. The third kappa shape index (κ3) is 3.74. The molecule has 2 aromatic rings. The molecule has 0 atom stereocenters. The monoisotopic (exact) mass is 301 g/mol. The first-order valence-electron chi connectivity index (χ1n) is 7.36. The summed E-state index contributed by atoms with van der Waals surface area (Å²) in [6, 6.07) is 9.93. The summed E-state index contributed by atoms with van der Waals surface area (Å²) in [4.78, 5) is 12.1. The number of nitrogens with zero attached hydrogens (tertiary/aromatic N) is 2. The Hall–Kier alpha value is -2.14. The Bertz CT molecular complexity index is 627. The zero-order chi connectivity index (χ0) is 16.2. The largest absolute Gasteiger partial charge is 0.384 e. The van der Waals surface area contributed by atoms with E-state index >= 15 is 0 Å². The fraction of sp³-hybridized carbons (Fsp3) is 0.412. The third-order valence-corrected chi connectivity index (χ3v) is 3.28. The summed E-state index contributed by atoms with van der Waals surface area (Å²) < 4.78 is 6.81. The lowest BCUT2D eigenvalue weighted by Gasteiger charge is -2.23. The minimum atomic E-state index is -0.225. The quantitative estimate of drug-likeness (QED) is 0.922. The number of methoxy groups -OCH3 is 1. The van der Waals surface area contributed by atoms with Crippen LogP contribution in [0.4, 0.5) is 5.82 Å². The summed E-state index contributed by atoms with van der Waals surface area (Å²) in [6.45, 7) is 6.56. The average Bonchev–Trinajstić information content (AvgIpc) is 2.89. The second-order valence-electron chi connectivity index (χ2n) is 6.15. The highest BCUT2D eigenvalue weighted by Gasteiger charge is 2.22. The number of anilines is 1. The standard InChI is InChI=1S/C17H23N3O2/c1-17(2,3)20-16(19-15(21)10-11-22-4)14(12-18-20)13-8-6-5-7-9-13/h5-9,12H,10-11H2,1-4H3,(H,19,21). The molecular formula is C17H23N3O2. The van der Waals surface area contributed by atoms with Crippen LogP contribution in [0.25, 0.3) is 11.1 Å². The maximum absolute atomic E-state index is 12.1. The second kappa shape index (κ2) is 6.75. The lowest BCUT2D eigenvalue weighted by atomic mass is 10.1. The Balaban J connectivity index is 2.39. The van der Waals surface area contributed by atoms with E-state index in [-0.39, 0.29) is 11.4 Å². The molecule has 0 radical (unpaired) electrons. The summed E-state index contributed by atoms with van der Waals surface area (Å²) in [6.07, 6.45) is 2.12. The van der Waals surface area contributed by atoms with Gasteiger partial charge in [-0.1, -0.05) is 30.3 Å². The summed E-state index contributed by atoms with van der Waals surface area (Å²) in [5.41, 5.74) is 1.72. The van der Waals surface area contributed by atoms with Gasteiger partial charge in [-0.05, 0) is 26.3 Å². The van der Waals surface area contributed by atoms with Crippen LogP contribution in [0.15, 0.2) is 36.5 Å². The Morgan fingerprint density at radius 2 is 1.95 bits per heavy atom. The van der Waals surface area contributed by atoms with Gasteiger partial charge < -0.3 is 10.1 Å². The van der Waals surface area contributed by atoms with Gasteiger partial charge in [0, 0.05) is 12.7 Å². The van der Waals surface area contributed by atoms with E-state index in [1.165, 1.54) is 0 Å². The van der Waals surface area contributed by atoms with Gasteiger partial charge in [0.1, 0.15) is 5.82 Å². The number of carbonyl (C=O) groups excluding carboxylic acids is 1. The first-order chi connectivity index (χ1) is 10.4. The zero-order valence-electron chi connectivity index (χ0n) is 13.6. The van der Waals surface area contributed by atoms with Crippen molar-refractivity contribution in [1.29, 1.82) is 0 Å². The van der Waals surface area contributed by atoms with E-state index in [1.807, 2.05) is 35.0 Å². The number of hydrogen-bond donors (Lipinski definition) is 1. The summed E-state index contributed by atoms with van der Waals surface area (Å²) in [5, 5.41) is 7.45. The van der Waals surface area contributed by atoms with E-state index in [1.54, 1.807) is 13.3 Å². The van der Waals surface area contributed by atoms with Gasteiger partial charge >= 0.3 is 0 Å². The van der Waals surface area contributed by atoms with Crippen molar-refractivity contribution in [3.63, 3.8) is 0 Å². The van der Waals surface area contributed by atoms with Gasteiger partial charge in [-0.2, -0.15) is 5.10 Å². The molecule has 1 amide bonds. The maximum Gasteiger partial charge on any atom is 0.227 e. The predicted molar refractivity (Wildman–Crippen MR) is 87.8 cm³/mol. The Morgan fingerprint density at radius 3 is 2.55 bits per heavy atom. The molecule has 5 heteroatoms. The highest BCUT2D eigenvalue weighted by Crippen LogP contribution is 2.31. The lowest BCUT2D eigenvalue weighted by molar-refractivity contribution is -0.117. The summed E-state index contributed by atoms with van der Waals surface area (Å²) in [5.74, 6) is 0.643. The van der Waals surface area contributed by atoms with Gasteiger partial charge in [-0.25, -0.2) is 4.68 Å². The number of nitrogens with one attached hydrogen (secondary N) is 1. The Kier molecular flexibility index (Phi) is 4.98.